The largest absolute Gasteiger partial charge is 0.377 e. The van der Waals surface area contributed by atoms with Gasteiger partial charge < -0.3 is 15.0 Å². The third kappa shape index (κ3) is 4.19. The molecule has 2 unspecified atom stereocenters. The average molecular weight is 296 g/mol. The highest BCUT2D eigenvalue weighted by molar-refractivity contribution is 5.97. The first kappa shape index (κ1) is 16.3. The zero-order valence-electron chi connectivity index (χ0n) is 13.6. The molecule has 0 spiro atoms. The highest BCUT2D eigenvalue weighted by Crippen LogP contribution is 2.35. The molecular formula is C16H28N2O3. The van der Waals surface area contributed by atoms with Crippen molar-refractivity contribution in [3.05, 3.63) is 0 Å². The lowest BCUT2D eigenvalue weighted by Crippen LogP contribution is -2.64. The Morgan fingerprint density at radius 2 is 1.90 bits per heavy atom. The predicted octanol–water partition coefficient (Wildman–Crippen LogP) is 1.56. The van der Waals surface area contributed by atoms with Gasteiger partial charge in [-0.3, -0.25) is 9.59 Å². The van der Waals surface area contributed by atoms with Crippen molar-refractivity contribution in [2.45, 2.75) is 65.1 Å². The molecule has 2 atom stereocenters. The van der Waals surface area contributed by atoms with Crippen molar-refractivity contribution in [2.75, 3.05) is 13.2 Å². The van der Waals surface area contributed by atoms with Crippen molar-refractivity contribution in [1.29, 1.82) is 0 Å². The van der Waals surface area contributed by atoms with Crippen LogP contribution in [0.15, 0.2) is 0 Å². The summed E-state index contributed by atoms with van der Waals surface area (Å²) in [4.78, 5) is 26.8. The van der Waals surface area contributed by atoms with Crippen LogP contribution in [0.4, 0.5) is 0 Å². The van der Waals surface area contributed by atoms with Crippen LogP contribution in [0.3, 0.4) is 0 Å². The van der Waals surface area contributed by atoms with Crippen LogP contribution in [0.2, 0.25) is 0 Å². The molecule has 2 fully saturated rings. The summed E-state index contributed by atoms with van der Waals surface area (Å²) in [7, 11) is 0. The van der Waals surface area contributed by atoms with E-state index in [-0.39, 0.29) is 30.0 Å². The molecule has 1 saturated carbocycles. The van der Waals surface area contributed by atoms with Gasteiger partial charge in [0.25, 0.3) is 0 Å². The standard InChI is InChI=1S/C16H28N2O3/c1-10(2)9-13-15(19)17-14(12-5-6-12)16(20)18(13)7-8-21-11(3)4/h10-14H,5-9H2,1-4H3,(H,17,19). The molecule has 0 bridgehead atoms. The molecule has 2 amide bonds. The topological polar surface area (TPSA) is 58.6 Å². The Balaban J connectivity index is 2.05. The van der Waals surface area contributed by atoms with E-state index in [0.717, 1.165) is 12.8 Å². The molecule has 2 aliphatic rings. The molecule has 21 heavy (non-hydrogen) atoms. The third-order valence-electron chi connectivity index (χ3n) is 4.10. The third-order valence-corrected chi connectivity index (χ3v) is 4.10. The van der Waals surface area contributed by atoms with Crippen LogP contribution in [0.1, 0.15) is 47.0 Å². The van der Waals surface area contributed by atoms with Gasteiger partial charge in [0.2, 0.25) is 11.8 Å². The van der Waals surface area contributed by atoms with E-state index < -0.39 is 0 Å². The van der Waals surface area contributed by atoms with E-state index >= 15 is 0 Å². The fourth-order valence-corrected chi connectivity index (χ4v) is 2.87. The fraction of sp³-hybridized carbons (Fsp3) is 0.875. The summed E-state index contributed by atoms with van der Waals surface area (Å²) in [5.74, 6) is 0.800. The quantitative estimate of drug-likeness (QED) is 0.775. The first-order chi connectivity index (χ1) is 9.90. The minimum atomic E-state index is -0.344. The van der Waals surface area contributed by atoms with Crippen LogP contribution in [-0.4, -0.2) is 48.1 Å². The highest BCUT2D eigenvalue weighted by atomic mass is 16.5. The summed E-state index contributed by atoms with van der Waals surface area (Å²) in [5.41, 5.74) is 0. The molecule has 0 aromatic heterocycles. The van der Waals surface area contributed by atoms with Gasteiger partial charge in [0, 0.05) is 6.54 Å². The molecule has 1 heterocycles. The molecule has 5 heteroatoms. The number of carbonyl (C=O) groups is 2. The van der Waals surface area contributed by atoms with Crippen molar-refractivity contribution in [1.82, 2.24) is 10.2 Å². The number of nitrogens with one attached hydrogen (secondary N) is 1. The zero-order chi connectivity index (χ0) is 15.6. The van der Waals surface area contributed by atoms with Crippen LogP contribution < -0.4 is 5.32 Å². The van der Waals surface area contributed by atoms with Crippen molar-refractivity contribution in [3.8, 4) is 0 Å². The normalized spacial score (nSPS) is 26.7. The van der Waals surface area contributed by atoms with Crippen LogP contribution in [0, 0.1) is 11.8 Å². The van der Waals surface area contributed by atoms with Crippen molar-refractivity contribution < 1.29 is 14.3 Å². The molecule has 1 N–H and O–H groups in total. The first-order valence-corrected chi connectivity index (χ1v) is 8.12. The van der Waals surface area contributed by atoms with E-state index in [1.165, 1.54) is 0 Å². The SMILES string of the molecule is CC(C)CC1C(=O)NC(C2CC2)C(=O)N1CCOC(C)C. The summed E-state index contributed by atoms with van der Waals surface area (Å²) >= 11 is 0. The lowest BCUT2D eigenvalue weighted by atomic mass is 9.96. The second kappa shape index (κ2) is 6.77. The monoisotopic (exact) mass is 296 g/mol. The molecule has 1 saturated heterocycles. The van der Waals surface area contributed by atoms with Crippen LogP contribution in [0.5, 0.6) is 0 Å². The van der Waals surface area contributed by atoms with Gasteiger partial charge >= 0.3 is 0 Å². The van der Waals surface area contributed by atoms with Crippen molar-refractivity contribution in [3.63, 3.8) is 0 Å². The number of carbonyl (C=O) groups excluding carboxylic acids is 2. The summed E-state index contributed by atoms with van der Waals surface area (Å²) in [6.45, 7) is 9.10. The van der Waals surface area contributed by atoms with E-state index in [0.29, 0.717) is 31.4 Å². The molecule has 120 valence electrons. The molecule has 2 rings (SSSR count). The number of nitrogens with zero attached hydrogens (tertiary/aromatic N) is 1. The van der Waals surface area contributed by atoms with Gasteiger partial charge in [-0.1, -0.05) is 13.8 Å². The average Bonchev–Trinajstić information content (AvgIpc) is 3.20. The van der Waals surface area contributed by atoms with Gasteiger partial charge in [-0.25, -0.2) is 0 Å². The highest BCUT2D eigenvalue weighted by Gasteiger charge is 2.46. The first-order valence-electron chi connectivity index (χ1n) is 8.12. The Bertz CT molecular complexity index is 391. The summed E-state index contributed by atoms with van der Waals surface area (Å²) in [6, 6.07) is -0.650. The maximum absolute atomic E-state index is 12.7. The van der Waals surface area contributed by atoms with E-state index in [2.05, 4.69) is 19.2 Å². The fourth-order valence-electron chi connectivity index (χ4n) is 2.87. The number of ether oxygens (including phenoxy) is 1. The smallest absolute Gasteiger partial charge is 0.246 e. The molecule has 1 aliphatic heterocycles. The van der Waals surface area contributed by atoms with E-state index in [9.17, 15) is 9.59 Å². The summed E-state index contributed by atoms with van der Waals surface area (Å²) in [6.07, 6.45) is 2.93. The molecular weight excluding hydrogens is 268 g/mol. The molecule has 0 radical (unpaired) electrons. The summed E-state index contributed by atoms with van der Waals surface area (Å²) in [5, 5.41) is 2.94. The van der Waals surface area contributed by atoms with Gasteiger partial charge in [-0.05, 0) is 44.9 Å². The molecule has 1 aliphatic carbocycles. The van der Waals surface area contributed by atoms with Crippen molar-refractivity contribution >= 4 is 11.8 Å². The van der Waals surface area contributed by atoms with E-state index in [1.807, 2.05) is 13.8 Å². The second-order valence-corrected chi connectivity index (χ2v) is 6.92. The van der Waals surface area contributed by atoms with Gasteiger partial charge in [0.1, 0.15) is 12.1 Å². The Hall–Kier alpha value is -1.10. The van der Waals surface area contributed by atoms with Gasteiger partial charge in [-0.15, -0.1) is 0 Å². The maximum atomic E-state index is 12.7. The lowest BCUT2D eigenvalue weighted by Gasteiger charge is -2.40. The Labute approximate surface area is 127 Å². The predicted molar refractivity (Wildman–Crippen MR) is 80.7 cm³/mol. The number of amides is 2. The minimum absolute atomic E-state index is 0.00440. The Morgan fingerprint density at radius 1 is 1.24 bits per heavy atom. The van der Waals surface area contributed by atoms with Gasteiger partial charge in [-0.2, -0.15) is 0 Å². The van der Waals surface area contributed by atoms with Crippen molar-refractivity contribution in [2.24, 2.45) is 11.8 Å². The minimum Gasteiger partial charge on any atom is -0.377 e. The van der Waals surface area contributed by atoms with E-state index in [1.54, 1.807) is 4.90 Å². The lowest BCUT2D eigenvalue weighted by molar-refractivity contribution is -0.151. The Kier molecular flexibility index (Phi) is 5.25. The van der Waals surface area contributed by atoms with E-state index in [4.69, 9.17) is 4.74 Å². The van der Waals surface area contributed by atoms with Crippen LogP contribution in [0.25, 0.3) is 0 Å². The second-order valence-electron chi connectivity index (χ2n) is 6.92. The van der Waals surface area contributed by atoms with Gasteiger partial charge in [0.05, 0.1) is 12.7 Å². The van der Waals surface area contributed by atoms with Crippen LogP contribution >= 0.6 is 0 Å². The summed E-state index contributed by atoms with van der Waals surface area (Å²) < 4.78 is 5.57. The molecule has 0 aromatic rings. The number of hydrogen-bond donors (Lipinski definition) is 1. The maximum Gasteiger partial charge on any atom is 0.246 e. The van der Waals surface area contributed by atoms with Gasteiger partial charge in [0.15, 0.2) is 0 Å². The zero-order valence-corrected chi connectivity index (χ0v) is 13.6. The Morgan fingerprint density at radius 3 is 2.43 bits per heavy atom. The van der Waals surface area contributed by atoms with Crippen LogP contribution in [-0.2, 0) is 14.3 Å². The number of piperazine rings is 1. The molecule has 5 nitrogen and oxygen atoms in total. The molecule has 0 aromatic carbocycles. The number of hydrogen-bond acceptors (Lipinski definition) is 3. The number of rotatable bonds is 7.